The second kappa shape index (κ2) is 2.20. The number of carbonyl (C=O) groups is 1. The molecule has 2 nitrogen and oxygen atoms in total. The highest BCUT2D eigenvalue weighted by Gasteiger charge is 1.79. The molecule has 0 saturated heterocycles. The van der Waals surface area contributed by atoms with E-state index in [4.69, 9.17) is 0 Å². The fourth-order valence-corrected chi connectivity index (χ4v) is 0. The van der Waals surface area contributed by atoms with Crippen molar-refractivity contribution in [3.8, 4) is 0 Å². The van der Waals surface area contributed by atoms with E-state index in [0.717, 1.165) is 0 Å². The maximum atomic E-state index is 9.51. The lowest BCUT2D eigenvalue weighted by atomic mass is 11.5. The van der Waals surface area contributed by atoms with Gasteiger partial charge in [0.05, 0.1) is 7.11 Å². The molecule has 0 spiro atoms. The Kier molecular flexibility index (Phi) is 2.18. The molecule has 0 atom stereocenters. The minimum absolute atomic E-state index is 0.433. The molecule has 0 saturated carbocycles. The first-order chi connectivity index (χ1) is 2.27. The predicted molar refractivity (Wildman–Crippen MR) is 21.3 cm³/mol. The second-order valence-corrected chi connectivity index (χ2v) is 1.09. The molecule has 3 heteroatoms. The fraction of sp³-hybridized carbons (Fsp3) is 0.500. The van der Waals surface area contributed by atoms with E-state index < -0.39 is 4.88 Å². The van der Waals surface area contributed by atoms with Gasteiger partial charge in [0.2, 0.25) is 0 Å². The van der Waals surface area contributed by atoms with Gasteiger partial charge in [-0.15, -0.1) is 0 Å². The van der Waals surface area contributed by atoms with Gasteiger partial charge < -0.3 is 4.74 Å². The molecule has 0 aromatic rings. The number of ether oxygens (including phenoxy) is 1. The largest absolute Gasteiger partial charge is 0.461 e. The Morgan fingerprint density at radius 1 is 2.00 bits per heavy atom. The van der Waals surface area contributed by atoms with Crippen LogP contribution in [-0.4, -0.2) is 12.0 Å². The molecule has 0 aliphatic rings. The standard InChI is InChI=1S/C2H3BrO2/c1-5-2(3)4/h1H3. The summed E-state index contributed by atoms with van der Waals surface area (Å²) in [5.74, 6) is 0. The Hall–Kier alpha value is -0.0500. The number of halogens is 1. The molecule has 0 rings (SSSR count). The molecule has 0 fully saturated rings. The van der Waals surface area contributed by atoms with Crippen LogP contribution in [0, 0.1) is 0 Å². The maximum absolute atomic E-state index is 9.51. The summed E-state index contributed by atoms with van der Waals surface area (Å²) in [7, 11) is 1.30. The zero-order valence-corrected chi connectivity index (χ0v) is 4.28. The third-order valence-electron chi connectivity index (χ3n) is 0.160. The lowest BCUT2D eigenvalue weighted by Gasteiger charge is -1.78. The summed E-state index contributed by atoms with van der Waals surface area (Å²) < 4.78 is 4.03. The van der Waals surface area contributed by atoms with E-state index >= 15 is 0 Å². The summed E-state index contributed by atoms with van der Waals surface area (Å²) in [6.45, 7) is 0. The van der Waals surface area contributed by atoms with Gasteiger partial charge in [0, 0.05) is 15.9 Å². The van der Waals surface area contributed by atoms with Crippen LogP contribution >= 0.6 is 15.9 Å². The molecule has 30 valence electrons. The van der Waals surface area contributed by atoms with Crippen molar-refractivity contribution in [1.29, 1.82) is 0 Å². The SMILES string of the molecule is COC(=O)Br. The molecule has 0 N–H and O–H groups in total. The summed E-state index contributed by atoms with van der Waals surface area (Å²) in [6.07, 6.45) is 0. The topological polar surface area (TPSA) is 26.3 Å². The highest BCUT2D eigenvalue weighted by atomic mass is 79.9. The quantitative estimate of drug-likeness (QED) is 0.470. The van der Waals surface area contributed by atoms with Crippen molar-refractivity contribution in [2.24, 2.45) is 0 Å². The molecule has 0 unspecified atom stereocenters. The van der Waals surface area contributed by atoms with E-state index in [1.165, 1.54) is 7.11 Å². The molecule has 0 aromatic heterocycles. The van der Waals surface area contributed by atoms with E-state index in [1.54, 1.807) is 0 Å². The van der Waals surface area contributed by atoms with Crippen LogP contribution in [0.1, 0.15) is 0 Å². The Labute approximate surface area is 38.2 Å². The van der Waals surface area contributed by atoms with Crippen molar-refractivity contribution in [1.82, 2.24) is 0 Å². The molecular formula is C2H3BrO2. The van der Waals surface area contributed by atoms with Gasteiger partial charge in [-0.25, -0.2) is 4.79 Å². The number of carbonyl (C=O) groups excluding carboxylic acids is 1. The minimum atomic E-state index is -0.433. The summed E-state index contributed by atoms with van der Waals surface area (Å²) in [6, 6.07) is 0. The van der Waals surface area contributed by atoms with Crippen LogP contribution in [0.25, 0.3) is 0 Å². The van der Waals surface area contributed by atoms with Crippen molar-refractivity contribution in [3.05, 3.63) is 0 Å². The third-order valence-corrected chi connectivity index (χ3v) is 0.484. The molecule has 0 amide bonds. The number of hydrogen-bond donors (Lipinski definition) is 0. The molecular weight excluding hydrogens is 136 g/mol. The van der Waals surface area contributed by atoms with Gasteiger partial charge >= 0.3 is 4.88 Å². The van der Waals surface area contributed by atoms with Crippen LogP contribution in [0.5, 0.6) is 0 Å². The number of rotatable bonds is 0. The zero-order valence-electron chi connectivity index (χ0n) is 2.69. The molecule has 0 bridgehead atoms. The van der Waals surface area contributed by atoms with E-state index in [1.807, 2.05) is 0 Å². The average molecular weight is 139 g/mol. The van der Waals surface area contributed by atoms with Crippen molar-refractivity contribution >= 4 is 20.8 Å². The Morgan fingerprint density at radius 3 is 2.20 bits per heavy atom. The highest BCUT2D eigenvalue weighted by Crippen LogP contribution is 1.83. The first kappa shape index (κ1) is 4.95. The maximum Gasteiger partial charge on any atom is 0.374 e. The van der Waals surface area contributed by atoms with Gasteiger partial charge in [0.1, 0.15) is 0 Å². The van der Waals surface area contributed by atoms with Gasteiger partial charge in [-0.1, -0.05) is 0 Å². The molecule has 0 aliphatic heterocycles. The van der Waals surface area contributed by atoms with Gasteiger partial charge in [-0.05, 0) is 0 Å². The Morgan fingerprint density at radius 2 is 2.20 bits per heavy atom. The van der Waals surface area contributed by atoms with Crippen LogP contribution in [0.2, 0.25) is 0 Å². The number of hydrogen-bond acceptors (Lipinski definition) is 2. The van der Waals surface area contributed by atoms with E-state index in [0.29, 0.717) is 0 Å². The first-order valence-electron chi connectivity index (χ1n) is 1.01. The predicted octanol–water partition coefficient (Wildman–Crippen LogP) is 1.15. The monoisotopic (exact) mass is 138 g/mol. The minimum Gasteiger partial charge on any atom is -0.461 e. The molecule has 0 aliphatic carbocycles. The molecule has 0 aromatic carbocycles. The van der Waals surface area contributed by atoms with Crippen molar-refractivity contribution in [3.63, 3.8) is 0 Å². The molecule has 5 heavy (non-hydrogen) atoms. The van der Waals surface area contributed by atoms with Crippen LogP contribution in [0.3, 0.4) is 0 Å². The number of methoxy groups -OCH3 is 1. The Bertz CT molecular complexity index is 42.9. The lowest BCUT2D eigenvalue weighted by molar-refractivity contribution is 0.202. The zero-order chi connectivity index (χ0) is 4.28. The molecule has 0 heterocycles. The first-order valence-corrected chi connectivity index (χ1v) is 1.80. The third kappa shape index (κ3) is 3.95. The summed E-state index contributed by atoms with van der Waals surface area (Å²) >= 11 is 2.51. The molecule has 0 radical (unpaired) electrons. The highest BCUT2D eigenvalue weighted by molar-refractivity contribution is 9.18. The van der Waals surface area contributed by atoms with E-state index in [9.17, 15) is 4.79 Å². The van der Waals surface area contributed by atoms with Crippen molar-refractivity contribution < 1.29 is 9.53 Å². The normalized spacial score (nSPS) is 6.80. The Balaban J connectivity index is 2.85. The van der Waals surface area contributed by atoms with E-state index in [2.05, 4.69) is 20.7 Å². The average Bonchev–Trinajstić information content (AvgIpc) is 1.38. The lowest BCUT2D eigenvalue weighted by Crippen LogP contribution is -1.79. The van der Waals surface area contributed by atoms with Gasteiger partial charge in [-0.2, -0.15) is 0 Å². The summed E-state index contributed by atoms with van der Waals surface area (Å²) in [4.78, 5) is 9.07. The summed E-state index contributed by atoms with van der Waals surface area (Å²) in [5, 5.41) is 0. The van der Waals surface area contributed by atoms with Crippen molar-refractivity contribution in [2.75, 3.05) is 7.11 Å². The summed E-state index contributed by atoms with van der Waals surface area (Å²) in [5.41, 5.74) is 0. The fourth-order valence-electron chi connectivity index (χ4n) is 0. The van der Waals surface area contributed by atoms with Gasteiger partial charge in [-0.3, -0.25) is 0 Å². The van der Waals surface area contributed by atoms with Crippen LogP contribution < -0.4 is 0 Å². The van der Waals surface area contributed by atoms with Gasteiger partial charge in [0.15, 0.2) is 0 Å². The smallest absolute Gasteiger partial charge is 0.374 e. The van der Waals surface area contributed by atoms with Crippen LogP contribution in [0.4, 0.5) is 4.79 Å². The second-order valence-electron chi connectivity index (χ2n) is 0.442. The van der Waals surface area contributed by atoms with E-state index in [-0.39, 0.29) is 0 Å². The van der Waals surface area contributed by atoms with Gasteiger partial charge in [0.25, 0.3) is 0 Å². The van der Waals surface area contributed by atoms with Crippen LogP contribution in [0.15, 0.2) is 0 Å². The van der Waals surface area contributed by atoms with Crippen molar-refractivity contribution in [2.45, 2.75) is 0 Å². The van der Waals surface area contributed by atoms with Crippen LogP contribution in [-0.2, 0) is 4.74 Å².